The van der Waals surface area contributed by atoms with Gasteiger partial charge < -0.3 is 9.80 Å². The molecule has 10 heteroatoms. The summed E-state index contributed by atoms with van der Waals surface area (Å²) < 4.78 is 52.5. The predicted molar refractivity (Wildman–Crippen MR) is 106 cm³/mol. The molecule has 0 spiro atoms. The van der Waals surface area contributed by atoms with Gasteiger partial charge in [-0.25, -0.2) is 4.39 Å². The smallest absolute Gasteiger partial charge is 0.366 e. The van der Waals surface area contributed by atoms with Gasteiger partial charge in [-0.2, -0.15) is 13.2 Å². The molecule has 0 bridgehead atoms. The SMILES string of the molecule is CN(Cc1ccccc1F)C(=O)C1CCN(c2ccc(C(F)(F)F)cc2[N+](=O)[O-])CC1. The van der Waals surface area contributed by atoms with Crippen molar-refractivity contribution in [1.29, 1.82) is 0 Å². The fourth-order valence-electron chi connectivity index (χ4n) is 3.75. The molecular weight excluding hydrogens is 418 g/mol. The number of alkyl halides is 3. The van der Waals surface area contributed by atoms with Crippen LogP contribution in [0.15, 0.2) is 42.5 Å². The summed E-state index contributed by atoms with van der Waals surface area (Å²) in [5, 5.41) is 11.3. The number of benzene rings is 2. The highest BCUT2D eigenvalue weighted by molar-refractivity contribution is 5.79. The van der Waals surface area contributed by atoms with Crippen molar-refractivity contribution < 1.29 is 27.3 Å². The van der Waals surface area contributed by atoms with Gasteiger partial charge in [-0.15, -0.1) is 0 Å². The quantitative estimate of drug-likeness (QED) is 0.387. The van der Waals surface area contributed by atoms with Crippen molar-refractivity contribution in [1.82, 2.24) is 4.90 Å². The van der Waals surface area contributed by atoms with Gasteiger partial charge in [-0.1, -0.05) is 18.2 Å². The minimum Gasteiger partial charge on any atom is -0.366 e. The van der Waals surface area contributed by atoms with Crippen molar-refractivity contribution >= 4 is 17.3 Å². The third-order valence-corrected chi connectivity index (χ3v) is 5.43. The molecule has 1 fully saturated rings. The second kappa shape index (κ2) is 8.91. The number of amides is 1. The van der Waals surface area contributed by atoms with Crippen LogP contribution in [-0.4, -0.2) is 35.9 Å². The third kappa shape index (κ3) is 5.12. The summed E-state index contributed by atoms with van der Waals surface area (Å²) in [6, 6.07) is 8.64. The molecule has 2 aromatic carbocycles. The minimum absolute atomic E-state index is 0.101. The van der Waals surface area contributed by atoms with E-state index in [1.54, 1.807) is 30.1 Å². The zero-order valence-electron chi connectivity index (χ0n) is 16.7. The number of halogens is 4. The highest BCUT2D eigenvalue weighted by Gasteiger charge is 2.35. The Bertz CT molecular complexity index is 973. The number of hydrogen-bond donors (Lipinski definition) is 0. The number of carbonyl (C=O) groups excluding carboxylic acids is 1. The lowest BCUT2D eigenvalue weighted by Gasteiger charge is -2.34. The minimum atomic E-state index is -4.68. The van der Waals surface area contributed by atoms with E-state index >= 15 is 0 Å². The number of piperidine rings is 1. The molecule has 0 unspecified atom stereocenters. The molecule has 31 heavy (non-hydrogen) atoms. The number of hydrogen-bond acceptors (Lipinski definition) is 4. The summed E-state index contributed by atoms with van der Waals surface area (Å²) in [5.74, 6) is -0.905. The number of nitro benzene ring substituents is 1. The van der Waals surface area contributed by atoms with Crippen LogP contribution >= 0.6 is 0 Å². The van der Waals surface area contributed by atoms with E-state index in [1.807, 2.05) is 0 Å². The molecule has 1 saturated heterocycles. The Morgan fingerprint density at radius 3 is 2.42 bits per heavy atom. The molecule has 3 rings (SSSR count). The van der Waals surface area contributed by atoms with E-state index in [0.717, 1.165) is 12.1 Å². The van der Waals surface area contributed by atoms with Crippen molar-refractivity contribution in [3.8, 4) is 0 Å². The Balaban J connectivity index is 1.67. The standard InChI is InChI=1S/C21H21F4N3O3/c1-26(13-15-4-2-3-5-17(15)22)20(29)14-8-10-27(11-9-14)18-7-6-16(21(23,24)25)12-19(18)28(30)31/h2-7,12,14H,8-11,13H2,1H3. The average Bonchev–Trinajstić information content (AvgIpc) is 2.73. The first-order chi connectivity index (χ1) is 14.6. The zero-order chi connectivity index (χ0) is 22.8. The molecule has 0 N–H and O–H groups in total. The second-order valence-corrected chi connectivity index (χ2v) is 7.51. The Morgan fingerprint density at radius 2 is 1.84 bits per heavy atom. The molecule has 166 valence electrons. The van der Waals surface area contributed by atoms with Crippen molar-refractivity contribution in [2.45, 2.75) is 25.6 Å². The van der Waals surface area contributed by atoms with Gasteiger partial charge in [-0.3, -0.25) is 14.9 Å². The van der Waals surface area contributed by atoms with Crippen LogP contribution in [0.25, 0.3) is 0 Å². The largest absolute Gasteiger partial charge is 0.416 e. The highest BCUT2D eigenvalue weighted by atomic mass is 19.4. The van der Waals surface area contributed by atoms with Crippen molar-refractivity contribution in [2.75, 3.05) is 25.0 Å². The molecule has 0 aliphatic carbocycles. The third-order valence-electron chi connectivity index (χ3n) is 5.43. The Labute approximate surface area is 176 Å². The number of carbonyl (C=O) groups is 1. The lowest BCUT2D eigenvalue weighted by Crippen LogP contribution is -2.41. The first-order valence-corrected chi connectivity index (χ1v) is 9.67. The number of nitro groups is 1. The fraction of sp³-hybridized carbons (Fsp3) is 0.381. The number of rotatable bonds is 5. The first-order valence-electron chi connectivity index (χ1n) is 9.67. The number of nitrogens with zero attached hydrogens (tertiary/aromatic N) is 3. The van der Waals surface area contributed by atoms with Gasteiger partial charge in [0.1, 0.15) is 11.5 Å². The summed E-state index contributed by atoms with van der Waals surface area (Å²) in [4.78, 5) is 26.3. The molecule has 1 amide bonds. The Hall–Kier alpha value is -3.17. The molecular formula is C21H21F4N3O3. The lowest BCUT2D eigenvalue weighted by molar-refractivity contribution is -0.384. The van der Waals surface area contributed by atoms with Gasteiger partial charge in [-0.05, 0) is 31.0 Å². The summed E-state index contributed by atoms with van der Waals surface area (Å²) in [7, 11) is 1.59. The van der Waals surface area contributed by atoms with Crippen LogP contribution in [0.3, 0.4) is 0 Å². The Morgan fingerprint density at radius 1 is 1.19 bits per heavy atom. The van der Waals surface area contributed by atoms with Crippen LogP contribution in [0.2, 0.25) is 0 Å². The molecule has 0 aromatic heterocycles. The van der Waals surface area contributed by atoms with Gasteiger partial charge in [0.25, 0.3) is 5.69 Å². The molecule has 0 saturated carbocycles. The van der Waals surface area contributed by atoms with Crippen LogP contribution in [0.4, 0.5) is 28.9 Å². The van der Waals surface area contributed by atoms with Crippen molar-refractivity contribution in [3.63, 3.8) is 0 Å². The average molecular weight is 439 g/mol. The summed E-state index contributed by atoms with van der Waals surface area (Å²) in [5.41, 5.74) is -1.20. The number of anilines is 1. The second-order valence-electron chi connectivity index (χ2n) is 7.51. The maximum Gasteiger partial charge on any atom is 0.416 e. The van der Waals surface area contributed by atoms with Gasteiger partial charge in [0, 0.05) is 44.2 Å². The van der Waals surface area contributed by atoms with Crippen molar-refractivity contribution in [2.24, 2.45) is 5.92 Å². The maximum atomic E-state index is 13.8. The molecule has 1 heterocycles. The normalized spacial score (nSPS) is 15.1. The lowest BCUT2D eigenvalue weighted by atomic mass is 9.94. The van der Waals surface area contributed by atoms with Crippen LogP contribution in [0.1, 0.15) is 24.0 Å². The monoisotopic (exact) mass is 439 g/mol. The molecule has 0 radical (unpaired) electrons. The zero-order valence-corrected chi connectivity index (χ0v) is 16.7. The predicted octanol–water partition coefficient (Wildman–Crippen LogP) is 4.63. The summed E-state index contributed by atoms with van der Waals surface area (Å²) in [6.45, 7) is 0.697. The van der Waals surface area contributed by atoms with Gasteiger partial charge in [0.2, 0.25) is 5.91 Å². The fourth-order valence-corrected chi connectivity index (χ4v) is 3.75. The van der Waals surface area contributed by atoms with E-state index in [0.29, 0.717) is 24.5 Å². The Kier molecular flexibility index (Phi) is 6.47. The first kappa shape index (κ1) is 22.5. The van der Waals surface area contributed by atoms with Crippen LogP contribution in [0.5, 0.6) is 0 Å². The van der Waals surface area contributed by atoms with Crippen LogP contribution < -0.4 is 4.90 Å². The molecule has 6 nitrogen and oxygen atoms in total. The van der Waals surface area contributed by atoms with Gasteiger partial charge in [0.15, 0.2) is 0 Å². The van der Waals surface area contributed by atoms with Crippen LogP contribution in [0, 0.1) is 21.8 Å². The van der Waals surface area contributed by atoms with Crippen molar-refractivity contribution in [3.05, 3.63) is 69.5 Å². The molecule has 2 aromatic rings. The van der Waals surface area contributed by atoms with E-state index in [1.165, 1.54) is 11.0 Å². The van der Waals surface area contributed by atoms with E-state index < -0.39 is 28.2 Å². The van der Waals surface area contributed by atoms with E-state index in [-0.39, 0.29) is 37.1 Å². The summed E-state index contributed by atoms with van der Waals surface area (Å²) in [6.07, 6.45) is -3.90. The maximum absolute atomic E-state index is 13.8. The van der Waals surface area contributed by atoms with Gasteiger partial charge >= 0.3 is 6.18 Å². The molecule has 0 atom stereocenters. The summed E-state index contributed by atoms with van der Waals surface area (Å²) >= 11 is 0. The molecule has 1 aliphatic heterocycles. The van der Waals surface area contributed by atoms with E-state index in [4.69, 9.17) is 0 Å². The van der Waals surface area contributed by atoms with E-state index in [2.05, 4.69) is 0 Å². The van der Waals surface area contributed by atoms with Gasteiger partial charge in [0.05, 0.1) is 10.5 Å². The van der Waals surface area contributed by atoms with E-state index in [9.17, 15) is 32.5 Å². The molecule has 1 aliphatic rings. The van der Waals surface area contributed by atoms with Crippen LogP contribution in [-0.2, 0) is 17.5 Å². The highest BCUT2D eigenvalue weighted by Crippen LogP contribution is 2.37. The topological polar surface area (TPSA) is 66.7 Å².